The van der Waals surface area contributed by atoms with Gasteiger partial charge in [0, 0.05) is 7.05 Å². The van der Waals surface area contributed by atoms with E-state index in [1.54, 1.807) is 11.7 Å². The van der Waals surface area contributed by atoms with E-state index in [0.717, 1.165) is 11.4 Å². The molecule has 1 aromatic carbocycles. The predicted octanol–water partition coefficient (Wildman–Crippen LogP) is 1.90. The molecular formula is C13H14N6O. The molecule has 1 N–H and O–H groups in total. The maximum atomic E-state index is 5.58. The second-order valence-corrected chi connectivity index (χ2v) is 4.16. The Morgan fingerprint density at radius 3 is 2.95 bits per heavy atom. The van der Waals surface area contributed by atoms with Crippen LogP contribution in [0.25, 0.3) is 11.2 Å². The number of fused-ring (bicyclic) bond motifs is 1. The number of benzene rings is 1. The third-order valence-electron chi connectivity index (χ3n) is 2.83. The van der Waals surface area contributed by atoms with Crippen LogP contribution >= 0.6 is 0 Å². The highest BCUT2D eigenvalue weighted by Gasteiger charge is 2.11. The zero-order valence-corrected chi connectivity index (χ0v) is 11.2. The van der Waals surface area contributed by atoms with Crippen molar-refractivity contribution in [2.45, 2.75) is 6.92 Å². The topological polar surface area (TPSA) is 77.8 Å². The fraction of sp³-hybridized carbons (Fsp3) is 0.231. The summed E-state index contributed by atoms with van der Waals surface area (Å²) in [5.41, 5.74) is 2.14. The first-order valence-corrected chi connectivity index (χ1v) is 6.29. The molecule has 20 heavy (non-hydrogen) atoms. The molecule has 0 amide bonds. The van der Waals surface area contributed by atoms with Gasteiger partial charge >= 0.3 is 0 Å². The lowest BCUT2D eigenvalue weighted by Crippen LogP contribution is -2.00. The summed E-state index contributed by atoms with van der Waals surface area (Å²) in [4.78, 5) is 8.38. The smallest absolute Gasteiger partial charge is 0.183 e. The Hall–Kier alpha value is -2.70. The Kier molecular flexibility index (Phi) is 3.16. The number of nitrogens with zero attached hydrogens (tertiary/aromatic N) is 5. The molecule has 7 nitrogen and oxygen atoms in total. The summed E-state index contributed by atoms with van der Waals surface area (Å²) in [6, 6.07) is 7.68. The van der Waals surface area contributed by atoms with Crippen LogP contribution in [-0.2, 0) is 7.05 Å². The van der Waals surface area contributed by atoms with Gasteiger partial charge in [-0.25, -0.2) is 14.6 Å². The number of ether oxygens (including phenoxy) is 1. The van der Waals surface area contributed by atoms with Crippen LogP contribution in [-0.4, -0.2) is 31.6 Å². The van der Waals surface area contributed by atoms with Gasteiger partial charge in [0.05, 0.1) is 12.3 Å². The van der Waals surface area contributed by atoms with E-state index >= 15 is 0 Å². The van der Waals surface area contributed by atoms with Crippen LogP contribution in [0.2, 0.25) is 0 Å². The van der Waals surface area contributed by atoms with Gasteiger partial charge in [-0.05, 0) is 19.1 Å². The fourth-order valence-electron chi connectivity index (χ4n) is 1.92. The molecule has 3 aromatic rings. The molecule has 0 atom stereocenters. The van der Waals surface area contributed by atoms with Crippen LogP contribution in [0.5, 0.6) is 5.75 Å². The Balaban J connectivity index is 2.01. The highest BCUT2D eigenvalue weighted by molar-refractivity contribution is 5.85. The van der Waals surface area contributed by atoms with E-state index in [-0.39, 0.29) is 0 Å². The molecule has 0 bridgehead atoms. The minimum atomic E-state index is 0.600. The Labute approximate surface area is 115 Å². The molecule has 0 aliphatic rings. The lowest BCUT2D eigenvalue weighted by molar-refractivity contribution is 0.342. The quantitative estimate of drug-likeness (QED) is 0.780. The van der Waals surface area contributed by atoms with Crippen molar-refractivity contribution < 1.29 is 4.74 Å². The second-order valence-electron chi connectivity index (χ2n) is 4.16. The SMILES string of the molecule is CCOc1ccccc1Nc1ncnc2c1nnn2C. The summed E-state index contributed by atoms with van der Waals surface area (Å²) >= 11 is 0. The summed E-state index contributed by atoms with van der Waals surface area (Å²) in [5, 5.41) is 11.2. The van der Waals surface area contributed by atoms with Crippen LogP contribution in [0, 0.1) is 0 Å². The molecule has 2 aromatic heterocycles. The average molecular weight is 270 g/mol. The lowest BCUT2D eigenvalue weighted by atomic mass is 10.3. The van der Waals surface area contributed by atoms with E-state index in [9.17, 15) is 0 Å². The van der Waals surface area contributed by atoms with Gasteiger partial charge in [-0.3, -0.25) is 0 Å². The molecule has 0 aliphatic carbocycles. The van der Waals surface area contributed by atoms with Gasteiger partial charge in [0.25, 0.3) is 0 Å². The van der Waals surface area contributed by atoms with E-state index in [1.807, 2.05) is 31.2 Å². The lowest BCUT2D eigenvalue weighted by Gasteiger charge is -2.11. The Morgan fingerprint density at radius 2 is 2.10 bits per heavy atom. The predicted molar refractivity (Wildman–Crippen MR) is 75.0 cm³/mol. The number of hydrogen-bond acceptors (Lipinski definition) is 6. The zero-order valence-electron chi connectivity index (χ0n) is 11.2. The number of nitrogens with one attached hydrogen (secondary N) is 1. The largest absolute Gasteiger partial charge is 0.492 e. The second kappa shape index (κ2) is 5.12. The van der Waals surface area contributed by atoms with Crippen molar-refractivity contribution in [2.24, 2.45) is 7.05 Å². The van der Waals surface area contributed by atoms with Gasteiger partial charge in [-0.1, -0.05) is 17.3 Å². The molecule has 2 heterocycles. The number of rotatable bonds is 4. The number of aryl methyl sites for hydroxylation is 1. The molecule has 102 valence electrons. The van der Waals surface area contributed by atoms with Crippen molar-refractivity contribution in [3.05, 3.63) is 30.6 Å². The molecule has 0 fully saturated rings. The van der Waals surface area contributed by atoms with E-state index in [4.69, 9.17) is 4.74 Å². The maximum absolute atomic E-state index is 5.58. The normalized spacial score (nSPS) is 10.7. The third kappa shape index (κ3) is 2.13. The van der Waals surface area contributed by atoms with Crippen LogP contribution in [0.3, 0.4) is 0 Å². The molecule has 0 saturated carbocycles. The van der Waals surface area contributed by atoms with Crippen molar-refractivity contribution in [3.63, 3.8) is 0 Å². The molecule has 0 aliphatic heterocycles. The van der Waals surface area contributed by atoms with Crippen LogP contribution in [0.4, 0.5) is 11.5 Å². The molecule has 7 heteroatoms. The number of aromatic nitrogens is 5. The number of anilines is 2. The highest BCUT2D eigenvalue weighted by Crippen LogP contribution is 2.28. The summed E-state index contributed by atoms with van der Waals surface area (Å²) in [6.07, 6.45) is 1.48. The zero-order chi connectivity index (χ0) is 13.9. The van der Waals surface area contributed by atoms with Crippen molar-refractivity contribution in [1.82, 2.24) is 25.0 Å². The summed E-state index contributed by atoms with van der Waals surface area (Å²) in [6.45, 7) is 2.55. The van der Waals surface area contributed by atoms with Gasteiger partial charge in [-0.15, -0.1) is 5.10 Å². The number of hydrogen-bond donors (Lipinski definition) is 1. The molecule has 0 unspecified atom stereocenters. The van der Waals surface area contributed by atoms with E-state index in [1.165, 1.54) is 6.33 Å². The van der Waals surface area contributed by atoms with E-state index in [2.05, 4.69) is 25.6 Å². The Morgan fingerprint density at radius 1 is 1.25 bits per heavy atom. The van der Waals surface area contributed by atoms with Crippen LogP contribution in [0.1, 0.15) is 6.92 Å². The minimum absolute atomic E-state index is 0.600. The van der Waals surface area contributed by atoms with Crippen molar-refractivity contribution in [1.29, 1.82) is 0 Å². The van der Waals surface area contributed by atoms with E-state index in [0.29, 0.717) is 23.6 Å². The van der Waals surface area contributed by atoms with Crippen molar-refractivity contribution in [3.8, 4) is 5.75 Å². The fourth-order valence-corrected chi connectivity index (χ4v) is 1.92. The van der Waals surface area contributed by atoms with Gasteiger partial charge in [0.15, 0.2) is 17.0 Å². The standard InChI is InChI=1S/C13H14N6O/c1-3-20-10-7-5-4-6-9(10)16-12-11-13(15-8-14-12)19(2)18-17-11/h4-8H,3H2,1-2H3,(H,14,15,16). The first kappa shape index (κ1) is 12.3. The van der Waals surface area contributed by atoms with Crippen LogP contribution < -0.4 is 10.1 Å². The van der Waals surface area contributed by atoms with Crippen molar-refractivity contribution >= 4 is 22.7 Å². The summed E-state index contributed by atoms with van der Waals surface area (Å²) in [7, 11) is 1.79. The van der Waals surface area contributed by atoms with Gasteiger partial charge in [0.1, 0.15) is 12.1 Å². The first-order valence-electron chi connectivity index (χ1n) is 6.29. The molecule has 0 radical (unpaired) electrons. The van der Waals surface area contributed by atoms with Gasteiger partial charge in [-0.2, -0.15) is 0 Å². The Bertz CT molecular complexity index is 739. The first-order chi connectivity index (χ1) is 9.79. The monoisotopic (exact) mass is 270 g/mol. The molecule has 0 saturated heterocycles. The van der Waals surface area contributed by atoms with Crippen molar-refractivity contribution in [2.75, 3.05) is 11.9 Å². The van der Waals surface area contributed by atoms with E-state index < -0.39 is 0 Å². The minimum Gasteiger partial charge on any atom is -0.492 e. The molecule has 3 rings (SSSR count). The maximum Gasteiger partial charge on any atom is 0.183 e. The third-order valence-corrected chi connectivity index (χ3v) is 2.83. The summed E-state index contributed by atoms with van der Waals surface area (Å²) in [5.74, 6) is 1.38. The molecular weight excluding hydrogens is 256 g/mol. The van der Waals surface area contributed by atoms with Gasteiger partial charge < -0.3 is 10.1 Å². The average Bonchev–Trinajstić information content (AvgIpc) is 2.84. The van der Waals surface area contributed by atoms with Gasteiger partial charge in [0.2, 0.25) is 0 Å². The number of para-hydroxylation sites is 2. The summed E-state index contributed by atoms with van der Waals surface area (Å²) < 4.78 is 7.19. The highest BCUT2D eigenvalue weighted by atomic mass is 16.5. The molecule has 0 spiro atoms. The van der Waals surface area contributed by atoms with Crippen LogP contribution in [0.15, 0.2) is 30.6 Å².